The van der Waals surface area contributed by atoms with Crippen molar-refractivity contribution in [2.75, 3.05) is 0 Å². The van der Waals surface area contributed by atoms with Gasteiger partial charge >= 0.3 is 0 Å². The zero-order chi connectivity index (χ0) is 23.6. The molecule has 0 amide bonds. The molecule has 0 bridgehead atoms. The Morgan fingerprint density at radius 2 is 0.882 bits per heavy atom. The van der Waals surface area contributed by atoms with Crippen molar-refractivity contribution in [3.8, 4) is 19.5 Å². The van der Waals surface area contributed by atoms with Crippen molar-refractivity contribution in [3.05, 3.63) is 68.0 Å². The van der Waals surface area contributed by atoms with Crippen LogP contribution in [0.4, 0.5) is 0 Å². The Morgan fingerprint density at radius 1 is 0.471 bits per heavy atom. The molecular formula is C30H36S4. The molecule has 4 heterocycles. The second kappa shape index (κ2) is 13.6. The van der Waals surface area contributed by atoms with Crippen molar-refractivity contribution in [2.45, 2.75) is 78.1 Å². The average Bonchev–Trinajstić information content (AvgIpc) is 3.65. The molecule has 4 rings (SSSR count). The van der Waals surface area contributed by atoms with E-state index in [1.807, 2.05) is 45.3 Å². The molecule has 180 valence electrons. The number of hydrogen-bond donors (Lipinski definition) is 0. The zero-order valence-electron chi connectivity index (χ0n) is 20.5. The van der Waals surface area contributed by atoms with Crippen LogP contribution in [0.2, 0.25) is 0 Å². The molecule has 0 fully saturated rings. The maximum atomic E-state index is 2.33. The third-order valence-corrected chi connectivity index (χ3v) is 10.8. The lowest BCUT2D eigenvalue weighted by Gasteiger charge is -1.96. The molecule has 0 aliphatic rings. The summed E-state index contributed by atoms with van der Waals surface area (Å²) in [6.45, 7) is 4.55. The normalized spacial score (nSPS) is 11.7. The van der Waals surface area contributed by atoms with E-state index in [9.17, 15) is 0 Å². The van der Waals surface area contributed by atoms with Gasteiger partial charge in [-0.25, -0.2) is 0 Å². The number of rotatable bonds is 14. The molecular weight excluding hydrogens is 489 g/mol. The maximum Gasteiger partial charge on any atom is 0.0449 e. The van der Waals surface area contributed by atoms with Gasteiger partial charge in [-0.3, -0.25) is 0 Å². The highest BCUT2D eigenvalue weighted by Gasteiger charge is 2.07. The molecule has 4 aromatic heterocycles. The van der Waals surface area contributed by atoms with Crippen molar-refractivity contribution in [2.24, 2.45) is 0 Å². The highest BCUT2D eigenvalue weighted by Crippen LogP contribution is 2.37. The van der Waals surface area contributed by atoms with Crippen LogP contribution in [-0.2, 0) is 12.8 Å². The minimum atomic E-state index is 1.23. The quantitative estimate of drug-likeness (QED) is 0.144. The largest absolute Gasteiger partial charge is 0.139 e. The minimum absolute atomic E-state index is 1.23. The first kappa shape index (κ1) is 25.6. The molecule has 0 aromatic carbocycles. The van der Waals surface area contributed by atoms with Gasteiger partial charge in [-0.2, -0.15) is 0 Å². The van der Waals surface area contributed by atoms with Crippen LogP contribution in [0.25, 0.3) is 31.7 Å². The Bertz CT molecular complexity index is 1060. The first-order valence-corrected chi connectivity index (χ1v) is 16.1. The number of hydrogen-bond acceptors (Lipinski definition) is 4. The van der Waals surface area contributed by atoms with Gasteiger partial charge in [0.25, 0.3) is 0 Å². The van der Waals surface area contributed by atoms with E-state index < -0.39 is 0 Å². The monoisotopic (exact) mass is 524 g/mol. The Morgan fingerprint density at radius 3 is 1.32 bits per heavy atom. The molecule has 0 atom stereocenters. The van der Waals surface area contributed by atoms with Gasteiger partial charge in [-0.15, -0.1) is 45.3 Å². The molecule has 0 aliphatic heterocycles. The van der Waals surface area contributed by atoms with E-state index >= 15 is 0 Å². The van der Waals surface area contributed by atoms with Gasteiger partial charge in [0.15, 0.2) is 0 Å². The van der Waals surface area contributed by atoms with Gasteiger partial charge in [0.2, 0.25) is 0 Å². The van der Waals surface area contributed by atoms with Crippen LogP contribution in [0.1, 0.15) is 84.7 Å². The summed E-state index contributed by atoms with van der Waals surface area (Å²) in [4.78, 5) is 11.3. The molecule has 0 N–H and O–H groups in total. The van der Waals surface area contributed by atoms with Crippen LogP contribution in [0.15, 0.2) is 48.5 Å². The highest BCUT2D eigenvalue weighted by molar-refractivity contribution is 7.23. The van der Waals surface area contributed by atoms with E-state index in [0.717, 1.165) is 0 Å². The minimum Gasteiger partial charge on any atom is -0.139 e. The second-order valence-electron chi connectivity index (χ2n) is 8.89. The Kier molecular flexibility index (Phi) is 10.2. The van der Waals surface area contributed by atoms with Crippen LogP contribution >= 0.6 is 45.3 Å². The summed E-state index contributed by atoms with van der Waals surface area (Å²) in [5.41, 5.74) is 0. The lowest BCUT2D eigenvalue weighted by Crippen LogP contribution is -1.80. The molecule has 0 aliphatic carbocycles. The zero-order valence-corrected chi connectivity index (χ0v) is 23.7. The maximum absolute atomic E-state index is 2.33. The smallest absolute Gasteiger partial charge is 0.0449 e. The SMILES string of the molecule is CCCCCCc1ccc(-c2ccc(/C=C/c3ccc(-c4ccc(CCCCCC)s4)s3)s2)s1. The van der Waals surface area contributed by atoms with Gasteiger partial charge in [-0.1, -0.05) is 52.4 Å². The van der Waals surface area contributed by atoms with Crippen LogP contribution in [0, 0.1) is 0 Å². The van der Waals surface area contributed by atoms with E-state index in [-0.39, 0.29) is 0 Å². The third kappa shape index (κ3) is 7.52. The molecule has 0 spiro atoms. The van der Waals surface area contributed by atoms with Crippen molar-refractivity contribution in [3.63, 3.8) is 0 Å². The van der Waals surface area contributed by atoms with Crippen molar-refractivity contribution >= 4 is 57.5 Å². The average molecular weight is 525 g/mol. The predicted molar refractivity (Wildman–Crippen MR) is 160 cm³/mol. The first-order chi connectivity index (χ1) is 16.7. The van der Waals surface area contributed by atoms with Crippen LogP contribution in [-0.4, -0.2) is 0 Å². The van der Waals surface area contributed by atoms with E-state index in [2.05, 4.69) is 74.5 Å². The van der Waals surface area contributed by atoms with E-state index in [1.54, 1.807) is 0 Å². The van der Waals surface area contributed by atoms with Gasteiger partial charge in [0.05, 0.1) is 0 Å². The molecule has 0 unspecified atom stereocenters. The van der Waals surface area contributed by atoms with Crippen molar-refractivity contribution in [1.82, 2.24) is 0 Å². The highest BCUT2D eigenvalue weighted by atomic mass is 32.1. The molecule has 0 nitrogen and oxygen atoms in total. The molecule has 4 aromatic rings. The van der Waals surface area contributed by atoms with Gasteiger partial charge in [-0.05, 0) is 86.4 Å². The van der Waals surface area contributed by atoms with Crippen LogP contribution in [0.5, 0.6) is 0 Å². The lowest BCUT2D eigenvalue weighted by atomic mass is 10.1. The summed E-state index contributed by atoms with van der Waals surface area (Å²) < 4.78 is 0. The molecule has 4 heteroatoms. The summed E-state index contributed by atoms with van der Waals surface area (Å²) >= 11 is 7.74. The molecule has 0 radical (unpaired) electrons. The molecule has 0 saturated carbocycles. The van der Waals surface area contributed by atoms with E-state index in [0.29, 0.717) is 0 Å². The summed E-state index contributed by atoms with van der Waals surface area (Å²) in [6, 6.07) is 18.4. The summed E-state index contributed by atoms with van der Waals surface area (Å²) in [5, 5.41) is 0. The fraction of sp³-hybridized carbons (Fsp3) is 0.400. The summed E-state index contributed by atoms with van der Waals surface area (Å²) in [5.74, 6) is 0. The summed E-state index contributed by atoms with van der Waals surface area (Å²) in [7, 11) is 0. The Labute approximate surface area is 222 Å². The molecule has 0 saturated heterocycles. The number of unbranched alkanes of at least 4 members (excludes halogenated alkanes) is 6. The van der Waals surface area contributed by atoms with Gasteiger partial charge < -0.3 is 0 Å². The predicted octanol–water partition coefficient (Wildman–Crippen LogP) is 11.7. The fourth-order valence-electron chi connectivity index (χ4n) is 4.06. The fourth-order valence-corrected chi connectivity index (χ4v) is 8.16. The van der Waals surface area contributed by atoms with Crippen molar-refractivity contribution in [1.29, 1.82) is 0 Å². The van der Waals surface area contributed by atoms with Crippen molar-refractivity contribution < 1.29 is 0 Å². The Hall–Kier alpha value is -1.46. The topological polar surface area (TPSA) is 0 Å². The Balaban J connectivity index is 1.31. The van der Waals surface area contributed by atoms with Gasteiger partial charge in [0.1, 0.15) is 0 Å². The van der Waals surface area contributed by atoms with Crippen LogP contribution in [0.3, 0.4) is 0 Å². The number of thiophene rings is 4. The summed E-state index contributed by atoms with van der Waals surface area (Å²) in [6.07, 6.45) is 17.7. The van der Waals surface area contributed by atoms with Crippen LogP contribution < -0.4 is 0 Å². The lowest BCUT2D eigenvalue weighted by molar-refractivity contribution is 0.670. The first-order valence-electron chi connectivity index (χ1n) is 12.8. The third-order valence-electron chi connectivity index (χ3n) is 6.03. The van der Waals surface area contributed by atoms with Gasteiger partial charge in [0, 0.05) is 39.0 Å². The standard InChI is InChI=1S/C30H36S4/c1-3-5-7-9-11-23-15-19-27(31-23)29-21-17-25(33-29)13-14-26-18-22-30(34-26)28-20-16-24(32-28)12-10-8-6-4-2/h13-22H,3-12H2,1-2H3/b14-13+. The van der Waals surface area contributed by atoms with E-state index in [4.69, 9.17) is 0 Å². The molecule has 34 heavy (non-hydrogen) atoms. The van der Waals surface area contributed by atoms with E-state index in [1.165, 1.54) is 103 Å². The number of aryl methyl sites for hydroxylation is 2. The second-order valence-corrected chi connectivity index (χ2v) is 13.5.